The van der Waals surface area contributed by atoms with E-state index in [9.17, 15) is 8.42 Å². The monoisotopic (exact) mass is 297 g/mol. The Bertz CT molecular complexity index is 618. The van der Waals surface area contributed by atoms with Crippen molar-refractivity contribution >= 4 is 21.2 Å². The summed E-state index contributed by atoms with van der Waals surface area (Å²) in [5.41, 5.74) is 6.74. The largest absolute Gasteiger partial charge is 0.497 e. The van der Waals surface area contributed by atoms with Gasteiger partial charge in [0.25, 0.3) is 0 Å². The van der Waals surface area contributed by atoms with Crippen LogP contribution in [0.3, 0.4) is 0 Å². The Morgan fingerprint density at radius 1 is 1.26 bits per heavy atom. The van der Waals surface area contributed by atoms with Gasteiger partial charge >= 0.3 is 0 Å². The fraction of sp³-hybridized carbons (Fsp3) is 0.231. The van der Waals surface area contributed by atoms with Crippen LogP contribution < -0.4 is 10.5 Å². The third kappa shape index (κ3) is 3.34. The maximum atomic E-state index is 12.1. The standard InChI is InChI=1S/C13H15NO3S2/c1-17-11-6-4-10(5-7-11)12(14)9-19(15,16)13-3-2-8-18-13/h2-8,12H,9,14H2,1H3. The molecule has 0 fully saturated rings. The predicted octanol–water partition coefficient (Wildman–Crippen LogP) is 2.23. The molecule has 1 atom stereocenters. The molecule has 2 rings (SSSR count). The molecule has 0 amide bonds. The summed E-state index contributed by atoms with van der Waals surface area (Å²) in [5, 5.41) is 1.74. The number of hydrogen-bond acceptors (Lipinski definition) is 5. The van der Waals surface area contributed by atoms with Crippen LogP contribution in [0.4, 0.5) is 0 Å². The number of nitrogens with two attached hydrogens (primary N) is 1. The van der Waals surface area contributed by atoms with E-state index in [-0.39, 0.29) is 5.75 Å². The molecule has 1 aromatic carbocycles. The molecule has 0 aliphatic rings. The van der Waals surface area contributed by atoms with Crippen LogP contribution in [0.1, 0.15) is 11.6 Å². The number of rotatable bonds is 5. The van der Waals surface area contributed by atoms with Crippen LogP contribution in [0.5, 0.6) is 5.75 Å². The van der Waals surface area contributed by atoms with Gasteiger partial charge in [-0.3, -0.25) is 0 Å². The number of sulfone groups is 1. The highest BCUT2D eigenvalue weighted by molar-refractivity contribution is 7.93. The number of hydrogen-bond donors (Lipinski definition) is 1. The number of thiophene rings is 1. The highest BCUT2D eigenvalue weighted by Crippen LogP contribution is 2.23. The van der Waals surface area contributed by atoms with Gasteiger partial charge in [-0.15, -0.1) is 11.3 Å². The summed E-state index contributed by atoms with van der Waals surface area (Å²) in [4.78, 5) is 0. The van der Waals surface area contributed by atoms with Crippen molar-refractivity contribution in [2.24, 2.45) is 5.73 Å². The van der Waals surface area contributed by atoms with Crippen LogP contribution in [0, 0.1) is 0 Å². The van der Waals surface area contributed by atoms with Gasteiger partial charge in [-0.2, -0.15) is 0 Å². The lowest BCUT2D eigenvalue weighted by Crippen LogP contribution is -2.21. The molecule has 1 unspecified atom stereocenters. The van der Waals surface area contributed by atoms with E-state index in [1.807, 2.05) is 0 Å². The SMILES string of the molecule is COc1ccc(C(N)CS(=O)(=O)c2cccs2)cc1. The summed E-state index contributed by atoms with van der Waals surface area (Å²) in [6, 6.07) is 9.89. The molecule has 0 saturated carbocycles. The number of ether oxygens (including phenoxy) is 1. The normalized spacial score (nSPS) is 13.2. The lowest BCUT2D eigenvalue weighted by atomic mass is 10.1. The molecule has 102 valence electrons. The van der Waals surface area contributed by atoms with Crippen LogP contribution in [0.2, 0.25) is 0 Å². The Hall–Kier alpha value is -1.37. The number of benzene rings is 1. The van der Waals surface area contributed by atoms with Crippen molar-refractivity contribution in [3.05, 3.63) is 47.3 Å². The Morgan fingerprint density at radius 3 is 2.47 bits per heavy atom. The van der Waals surface area contributed by atoms with Crippen molar-refractivity contribution in [3.63, 3.8) is 0 Å². The second kappa shape index (κ2) is 5.73. The first-order valence-electron chi connectivity index (χ1n) is 5.69. The summed E-state index contributed by atoms with van der Waals surface area (Å²) in [7, 11) is -1.74. The first kappa shape index (κ1) is 14.0. The van der Waals surface area contributed by atoms with E-state index in [0.29, 0.717) is 4.21 Å². The van der Waals surface area contributed by atoms with E-state index in [4.69, 9.17) is 10.5 Å². The first-order valence-corrected chi connectivity index (χ1v) is 8.22. The zero-order chi connectivity index (χ0) is 13.9. The smallest absolute Gasteiger partial charge is 0.189 e. The van der Waals surface area contributed by atoms with Gasteiger partial charge in [0.05, 0.1) is 12.9 Å². The van der Waals surface area contributed by atoms with E-state index in [1.54, 1.807) is 48.9 Å². The molecule has 4 nitrogen and oxygen atoms in total. The molecular weight excluding hydrogens is 282 g/mol. The predicted molar refractivity (Wildman–Crippen MR) is 76.3 cm³/mol. The maximum absolute atomic E-state index is 12.1. The second-order valence-electron chi connectivity index (χ2n) is 4.09. The third-order valence-electron chi connectivity index (χ3n) is 2.74. The molecule has 0 aliphatic carbocycles. The Balaban J connectivity index is 2.14. The molecule has 0 aliphatic heterocycles. The molecule has 0 bridgehead atoms. The summed E-state index contributed by atoms with van der Waals surface area (Å²) in [5.74, 6) is 0.622. The fourth-order valence-electron chi connectivity index (χ4n) is 1.71. The van der Waals surface area contributed by atoms with Crippen LogP contribution in [-0.4, -0.2) is 21.3 Å². The Morgan fingerprint density at radius 2 is 1.95 bits per heavy atom. The lowest BCUT2D eigenvalue weighted by Gasteiger charge is -2.12. The molecule has 1 aromatic heterocycles. The van der Waals surface area contributed by atoms with Gasteiger partial charge in [-0.05, 0) is 29.1 Å². The van der Waals surface area contributed by atoms with E-state index < -0.39 is 15.9 Å². The van der Waals surface area contributed by atoms with E-state index in [2.05, 4.69) is 0 Å². The third-order valence-corrected chi connectivity index (χ3v) is 6.00. The zero-order valence-corrected chi connectivity index (χ0v) is 12.1. The van der Waals surface area contributed by atoms with Gasteiger partial charge in [0.15, 0.2) is 9.84 Å². The van der Waals surface area contributed by atoms with E-state index in [1.165, 1.54) is 11.3 Å². The Labute approximate surface area is 116 Å². The van der Waals surface area contributed by atoms with Crippen LogP contribution in [0.15, 0.2) is 46.0 Å². The van der Waals surface area contributed by atoms with Gasteiger partial charge in [-0.25, -0.2) is 8.42 Å². The lowest BCUT2D eigenvalue weighted by molar-refractivity contribution is 0.414. The zero-order valence-electron chi connectivity index (χ0n) is 10.4. The molecule has 6 heteroatoms. The van der Waals surface area contributed by atoms with Gasteiger partial charge in [0.2, 0.25) is 0 Å². The van der Waals surface area contributed by atoms with Crippen molar-refractivity contribution in [3.8, 4) is 5.75 Å². The fourth-order valence-corrected chi connectivity index (χ4v) is 4.23. The molecule has 0 spiro atoms. The van der Waals surface area contributed by atoms with Gasteiger partial charge in [0.1, 0.15) is 9.96 Å². The molecular formula is C13H15NO3S2. The van der Waals surface area contributed by atoms with Crippen molar-refractivity contribution in [2.45, 2.75) is 10.3 Å². The second-order valence-corrected chi connectivity index (χ2v) is 7.30. The number of methoxy groups -OCH3 is 1. The minimum Gasteiger partial charge on any atom is -0.497 e. The Kier molecular flexibility index (Phi) is 4.24. The summed E-state index contributed by atoms with van der Waals surface area (Å²) in [6.07, 6.45) is 0. The van der Waals surface area contributed by atoms with Crippen molar-refractivity contribution in [1.29, 1.82) is 0 Å². The molecule has 2 N–H and O–H groups in total. The van der Waals surface area contributed by atoms with Gasteiger partial charge < -0.3 is 10.5 Å². The summed E-state index contributed by atoms with van der Waals surface area (Å²) >= 11 is 1.21. The first-order chi connectivity index (χ1) is 9.03. The quantitative estimate of drug-likeness (QED) is 0.919. The van der Waals surface area contributed by atoms with Crippen LogP contribution >= 0.6 is 11.3 Å². The maximum Gasteiger partial charge on any atom is 0.189 e. The average Bonchev–Trinajstić information content (AvgIpc) is 2.93. The van der Waals surface area contributed by atoms with Crippen molar-refractivity contribution in [2.75, 3.05) is 12.9 Å². The van der Waals surface area contributed by atoms with Gasteiger partial charge in [-0.1, -0.05) is 18.2 Å². The minimum atomic E-state index is -3.32. The molecule has 1 heterocycles. The average molecular weight is 297 g/mol. The van der Waals surface area contributed by atoms with Crippen LogP contribution in [-0.2, 0) is 9.84 Å². The van der Waals surface area contributed by atoms with E-state index >= 15 is 0 Å². The van der Waals surface area contributed by atoms with Crippen molar-refractivity contribution in [1.82, 2.24) is 0 Å². The molecule has 2 aromatic rings. The molecule has 0 saturated heterocycles. The van der Waals surface area contributed by atoms with E-state index in [0.717, 1.165) is 11.3 Å². The highest BCUT2D eigenvalue weighted by Gasteiger charge is 2.20. The topological polar surface area (TPSA) is 69.4 Å². The molecule has 19 heavy (non-hydrogen) atoms. The van der Waals surface area contributed by atoms with Crippen LogP contribution in [0.25, 0.3) is 0 Å². The van der Waals surface area contributed by atoms with Crippen molar-refractivity contribution < 1.29 is 13.2 Å². The summed E-state index contributed by atoms with van der Waals surface area (Å²) < 4.78 is 29.6. The van der Waals surface area contributed by atoms with Gasteiger partial charge in [0, 0.05) is 6.04 Å². The minimum absolute atomic E-state index is 0.0974. The summed E-state index contributed by atoms with van der Waals surface area (Å²) in [6.45, 7) is 0. The highest BCUT2D eigenvalue weighted by atomic mass is 32.2. The molecule has 0 radical (unpaired) electrons.